The average molecular weight is 194 g/mol. The van der Waals surface area contributed by atoms with Gasteiger partial charge in [-0.15, -0.1) is 0 Å². The Morgan fingerprint density at radius 1 is 1.71 bits per heavy atom. The largest absolute Gasteiger partial charge is 0.379 e. The van der Waals surface area contributed by atoms with E-state index in [-0.39, 0.29) is 5.78 Å². The number of rotatable bonds is 2. The highest BCUT2D eigenvalue weighted by Crippen LogP contribution is 2.21. The van der Waals surface area contributed by atoms with E-state index in [1.54, 1.807) is 13.1 Å². The molecule has 1 atom stereocenters. The molecule has 0 aliphatic carbocycles. The van der Waals surface area contributed by atoms with Crippen molar-refractivity contribution in [2.24, 2.45) is 0 Å². The molecular weight excluding hydrogens is 180 g/mol. The lowest BCUT2D eigenvalue weighted by Gasteiger charge is -2.10. The van der Waals surface area contributed by atoms with Gasteiger partial charge >= 0.3 is 0 Å². The van der Waals surface area contributed by atoms with E-state index in [1.807, 2.05) is 11.6 Å². The van der Waals surface area contributed by atoms with Crippen LogP contribution in [0.4, 0.5) is 0 Å². The molecule has 0 spiro atoms. The Labute approximate surface area is 82.9 Å². The molecule has 1 aromatic rings. The first kappa shape index (κ1) is 9.40. The Bertz CT molecular complexity index is 351. The normalized spacial score (nSPS) is 21.4. The molecule has 2 heterocycles. The van der Waals surface area contributed by atoms with Crippen molar-refractivity contribution in [1.82, 2.24) is 9.78 Å². The van der Waals surface area contributed by atoms with Gasteiger partial charge in [0.1, 0.15) is 0 Å². The minimum absolute atomic E-state index is 0.0765. The van der Waals surface area contributed by atoms with Crippen molar-refractivity contribution in [3.8, 4) is 0 Å². The minimum Gasteiger partial charge on any atom is -0.379 e. The lowest BCUT2D eigenvalue weighted by atomic mass is 10.2. The summed E-state index contributed by atoms with van der Waals surface area (Å²) in [7, 11) is 0. The fraction of sp³-hybridized carbons (Fsp3) is 0.600. The fourth-order valence-electron chi connectivity index (χ4n) is 1.85. The highest BCUT2D eigenvalue weighted by atomic mass is 16.5. The zero-order chi connectivity index (χ0) is 10.1. The first-order chi connectivity index (χ1) is 6.70. The number of carbonyl (C=O) groups is 1. The van der Waals surface area contributed by atoms with Crippen molar-refractivity contribution in [3.63, 3.8) is 0 Å². The maximum absolute atomic E-state index is 11.2. The maximum Gasteiger partial charge on any atom is 0.163 e. The fourth-order valence-corrected chi connectivity index (χ4v) is 1.85. The molecule has 0 saturated carbocycles. The van der Waals surface area contributed by atoms with Crippen LogP contribution in [0.1, 0.15) is 35.4 Å². The van der Waals surface area contributed by atoms with E-state index in [0.29, 0.717) is 12.6 Å². The summed E-state index contributed by atoms with van der Waals surface area (Å²) in [5.41, 5.74) is 1.67. The van der Waals surface area contributed by atoms with Crippen LogP contribution in [-0.4, -0.2) is 28.8 Å². The highest BCUT2D eigenvalue weighted by Gasteiger charge is 2.21. The summed E-state index contributed by atoms with van der Waals surface area (Å²) in [5, 5.41) is 4.23. The second kappa shape index (κ2) is 3.53. The molecule has 4 nitrogen and oxygen atoms in total. The van der Waals surface area contributed by atoms with Crippen LogP contribution in [0.15, 0.2) is 6.20 Å². The number of ketones is 1. The van der Waals surface area contributed by atoms with Gasteiger partial charge in [0.15, 0.2) is 5.78 Å². The Kier molecular flexibility index (Phi) is 2.37. The lowest BCUT2D eigenvalue weighted by molar-refractivity contribution is 0.101. The molecule has 76 valence electrons. The summed E-state index contributed by atoms with van der Waals surface area (Å²) >= 11 is 0. The number of hydrogen-bond donors (Lipinski definition) is 0. The van der Waals surface area contributed by atoms with Crippen molar-refractivity contribution in [3.05, 3.63) is 17.5 Å². The summed E-state index contributed by atoms with van der Waals surface area (Å²) in [6, 6.07) is 0.308. The summed E-state index contributed by atoms with van der Waals surface area (Å²) in [6.07, 6.45) is 2.63. The predicted molar refractivity (Wildman–Crippen MR) is 51.4 cm³/mol. The third-order valence-corrected chi connectivity index (χ3v) is 2.68. The van der Waals surface area contributed by atoms with Crippen LogP contribution in [-0.2, 0) is 4.74 Å². The molecule has 0 aromatic carbocycles. The van der Waals surface area contributed by atoms with Crippen molar-refractivity contribution in [1.29, 1.82) is 0 Å². The number of ether oxygens (including phenoxy) is 1. The van der Waals surface area contributed by atoms with Crippen molar-refractivity contribution in [2.45, 2.75) is 26.3 Å². The van der Waals surface area contributed by atoms with Gasteiger partial charge in [0.2, 0.25) is 0 Å². The number of aromatic nitrogens is 2. The van der Waals surface area contributed by atoms with Crippen LogP contribution in [0.25, 0.3) is 0 Å². The smallest absolute Gasteiger partial charge is 0.163 e. The molecule has 1 saturated heterocycles. The van der Waals surface area contributed by atoms with Crippen LogP contribution in [0.3, 0.4) is 0 Å². The monoisotopic (exact) mass is 194 g/mol. The predicted octanol–water partition coefficient (Wildman–Crippen LogP) is 1.36. The van der Waals surface area contributed by atoms with Gasteiger partial charge in [-0.1, -0.05) is 0 Å². The summed E-state index contributed by atoms with van der Waals surface area (Å²) < 4.78 is 7.20. The Morgan fingerprint density at radius 3 is 3.00 bits per heavy atom. The van der Waals surface area contributed by atoms with E-state index in [1.165, 1.54) is 0 Å². The maximum atomic E-state index is 11.2. The van der Waals surface area contributed by atoms with Crippen LogP contribution >= 0.6 is 0 Å². The average Bonchev–Trinajstić information content (AvgIpc) is 2.71. The van der Waals surface area contributed by atoms with Gasteiger partial charge in [-0.2, -0.15) is 5.10 Å². The Hall–Kier alpha value is -1.16. The van der Waals surface area contributed by atoms with Gasteiger partial charge in [-0.3, -0.25) is 9.48 Å². The van der Waals surface area contributed by atoms with Crippen LogP contribution in [0.5, 0.6) is 0 Å². The molecule has 2 rings (SSSR count). The number of nitrogens with zero attached hydrogens (tertiary/aromatic N) is 2. The zero-order valence-electron chi connectivity index (χ0n) is 8.49. The molecule has 4 heteroatoms. The molecule has 1 aliphatic rings. The first-order valence-electron chi connectivity index (χ1n) is 4.83. The van der Waals surface area contributed by atoms with Gasteiger partial charge in [-0.25, -0.2) is 0 Å². The summed E-state index contributed by atoms with van der Waals surface area (Å²) in [6.45, 7) is 5.00. The number of carbonyl (C=O) groups excluding carboxylic acids is 1. The Balaban J connectivity index is 2.30. The zero-order valence-corrected chi connectivity index (χ0v) is 8.49. The van der Waals surface area contributed by atoms with Crippen LogP contribution in [0.2, 0.25) is 0 Å². The number of hydrogen-bond acceptors (Lipinski definition) is 3. The first-order valence-corrected chi connectivity index (χ1v) is 4.83. The molecule has 0 radical (unpaired) electrons. The summed E-state index contributed by atoms with van der Waals surface area (Å²) in [5.74, 6) is 0.0765. The molecule has 1 unspecified atom stereocenters. The quantitative estimate of drug-likeness (QED) is 0.667. The van der Waals surface area contributed by atoms with Gasteiger partial charge in [-0.05, 0) is 20.3 Å². The molecular formula is C10H14N2O2. The second-order valence-electron chi connectivity index (χ2n) is 3.66. The van der Waals surface area contributed by atoms with Gasteiger partial charge < -0.3 is 4.74 Å². The topological polar surface area (TPSA) is 44.1 Å². The molecule has 1 fully saturated rings. The molecule has 1 aromatic heterocycles. The minimum atomic E-state index is 0.0765. The van der Waals surface area contributed by atoms with Crippen LogP contribution in [0, 0.1) is 6.92 Å². The van der Waals surface area contributed by atoms with Crippen molar-refractivity contribution < 1.29 is 9.53 Å². The van der Waals surface area contributed by atoms with E-state index in [2.05, 4.69) is 5.10 Å². The van der Waals surface area contributed by atoms with Crippen LogP contribution < -0.4 is 0 Å². The van der Waals surface area contributed by atoms with Crippen molar-refractivity contribution >= 4 is 5.78 Å². The highest BCUT2D eigenvalue weighted by molar-refractivity contribution is 5.94. The third kappa shape index (κ3) is 1.46. The SMILES string of the molecule is CC(=O)c1cnn(C2CCOC2)c1C. The summed E-state index contributed by atoms with van der Waals surface area (Å²) in [4.78, 5) is 11.2. The van der Waals surface area contributed by atoms with E-state index in [9.17, 15) is 4.79 Å². The van der Waals surface area contributed by atoms with E-state index >= 15 is 0 Å². The van der Waals surface area contributed by atoms with E-state index in [0.717, 1.165) is 24.3 Å². The molecule has 0 bridgehead atoms. The molecule has 1 aliphatic heterocycles. The third-order valence-electron chi connectivity index (χ3n) is 2.68. The molecule has 14 heavy (non-hydrogen) atoms. The Morgan fingerprint density at radius 2 is 2.50 bits per heavy atom. The van der Waals surface area contributed by atoms with Gasteiger partial charge in [0, 0.05) is 12.3 Å². The van der Waals surface area contributed by atoms with Gasteiger partial charge in [0.05, 0.1) is 24.4 Å². The lowest BCUT2D eigenvalue weighted by Crippen LogP contribution is -2.12. The molecule has 0 amide bonds. The van der Waals surface area contributed by atoms with Crippen molar-refractivity contribution in [2.75, 3.05) is 13.2 Å². The number of Topliss-reactive ketones (excluding diaryl/α,β-unsaturated/α-hetero) is 1. The van der Waals surface area contributed by atoms with Gasteiger partial charge in [0.25, 0.3) is 0 Å². The second-order valence-corrected chi connectivity index (χ2v) is 3.66. The van der Waals surface area contributed by atoms with E-state index in [4.69, 9.17) is 4.74 Å². The molecule has 0 N–H and O–H groups in total. The van der Waals surface area contributed by atoms with E-state index < -0.39 is 0 Å². The standard InChI is InChI=1S/C10H14N2O2/c1-7-10(8(2)13)5-11-12(7)9-3-4-14-6-9/h5,9H,3-4,6H2,1-2H3.